The number of amides is 1. The van der Waals surface area contributed by atoms with E-state index in [4.69, 9.17) is 4.74 Å². The fourth-order valence-corrected chi connectivity index (χ4v) is 1.14. The Morgan fingerprint density at radius 3 is 2.59 bits per heavy atom. The monoisotopic (exact) mass is 234 g/mol. The van der Waals surface area contributed by atoms with Gasteiger partial charge in [0.1, 0.15) is 0 Å². The van der Waals surface area contributed by atoms with Crippen molar-refractivity contribution in [2.24, 2.45) is 0 Å². The van der Waals surface area contributed by atoms with Crippen LogP contribution in [0.2, 0.25) is 0 Å². The van der Waals surface area contributed by atoms with Crippen molar-refractivity contribution >= 4 is 18.2 Å². The van der Waals surface area contributed by atoms with Gasteiger partial charge in [0.25, 0.3) is 0 Å². The summed E-state index contributed by atoms with van der Waals surface area (Å²) in [6, 6.07) is 8.57. The number of benzene rings is 1. The number of nitrogens with one attached hydrogen (secondary N) is 1. The van der Waals surface area contributed by atoms with Crippen LogP contribution < -0.4 is 5.32 Å². The smallest absolute Gasteiger partial charge is 0.309 e. The normalized spacial score (nSPS) is 9.41. The van der Waals surface area contributed by atoms with Gasteiger partial charge < -0.3 is 10.1 Å². The standard InChI is InChI=1S/C12H12NO4/c14-9-13-7-6-12(16)17-8-11(15)10-4-2-1-3-5-10/h1-5H,6-8H2,(H,13,14). The molecule has 0 heterocycles. The molecule has 5 nitrogen and oxygen atoms in total. The lowest BCUT2D eigenvalue weighted by Gasteiger charge is -2.03. The number of Topliss-reactive ketones (excluding diaryl/α,β-unsaturated/α-hetero) is 1. The zero-order valence-corrected chi connectivity index (χ0v) is 9.14. The number of esters is 1. The van der Waals surface area contributed by atoms with Gasteiger partial charge in [0.05, 0.1) is 6.42 Å². The molecule has 0 aliphatic carbocycles. The molecule has 0 aliphatic rings. The number of ketones is 1. The molecule has 1 aromatic carbocycles. The fourth-order valence-electron chi connectivity index (χ4n) is 1.14. The van der Waals surface area contributed by atoms with Gasteiger partial charge in [0, 0.05) is 12.1 Å². The average molecular weight is 234 g/mol. The number of ether oxygens (including phenoxy) is 1. The van der Waals surface area contributed by atoms with E-state index < -0.39 is 5.97 Å². The highest BCUT2D eigenvalue weighted by atomic mass is 16.5. The Bertz CT molecular complexity index is 389. The average Bonchev–Trinajstić information content (AvgIpc) is 2.37. The van der Waals surface area contributed by atoms with Gasteiger partial charge in [-0.05, 0) is 0 Å². The molecule has 0 unspecified atom stereocenters. The molecule has 0 saturated heterocycles. The summed E-state index contributed by atoms with van der Waals surface area (Å²) in [6.07, 6.45) is 1.46. The molecule has 0 fully saturated rings. The van der Waals surface area contributed by atoms with E-state index in [1.54, 1.807) is 30.3 Å². The maximum atomic E-state index is 11.5. The van der Waals surface area contributed by atoms with Crippen LogP contribution in [-0.4, -0.2) is 31.3 Å². The highest BCUT2D eigenvalue weighted by molar-refractivity contribution is 5.97. The molecule has 0 bridgehead atoms. The van der Waals surface area contributed by atoms with Crippen molar-refractivity contribution in [2.45, 2.75) is 6.42 Å². The lowest BCUT2D eigenvalue weighted by atomic mass is 10.1. The first-order chi connectivity index (χ1) is 8.24. The third kappa shape index (κ3) is 4.92. The number of carbonyl (C=O) groups excluding carboxylic acids is 3. The highest BCUT2D eigenvalue weighted by Gasteiger charge is 2.08. The van der Waals surface area contributed by atoms with Gasteiger partial charge in [0.2, 0.25) is 0 Å². The SMILES string of the molecule is O=[C]NCCC(=O)OCC(=O)c1ccccc1. The zero-order chi connectivity index (χ0) is 12.5. The molecule has 1 amide bonds. The Hall–Kier alpha value is -2.17. The van der Waals surface area contributed by atoms with E-state index in [1.165, 1.54) is 6.41 Å². The quantitative estimate of drug-likeness (QED) is 0.322. The number of hydrogen-bond donors (Lipinski definition) is 1. The van der Waals surface area contributed by atoms with E-state index >= 15 is 0 Å². The predicted octanol–water partition coefficient (Wildman–Crippen LogP) is 0.459. The van der Waals surface area contributed by atoms with Crippen molar-refractivity contribution in [3.8, 4) is 0 Å². The van der Waals surface area contributed by atoms with Gasteiger partial charge in [-0.2, -0.15) is 0 Å². The Morgan fingerprint density at radius 2 is 1.94 bits per heavy atom. The maximum absolute atomic E-state index is 11.5. The summed E-state index contributed by atoms with van der Waals surface area (Å²) in [7, 11) is 0. The molecular weight excluding hydrogens is 222 g/mol. The molecule has 5 heteroatoms. The van der Waals surface area contributed by atoms with Crippen LogP contribution >= 0.6 is 0 Å². The summed E-state index contributed by atoms with van der Waals surface area (Å²) in [6.45, 7) is -0.129. The molecule has 17 heavy (non-hydrogen) atoms. The Balaban J connectivity index is 2.29. The first kappa shape index (κ1) is 12.9. The van der Waals surface area contributed by atoms with Gasteiger partial charge >= 0.3 is 12.4 Å². The molecule has 1 radical (unpaired) electrons. The second-order valence-electron chi connectivity index (χ2n) is 3.23. The van der Waals surface area contributed by atoms with Crippen molar-refractivity contribution < 1.29 is 19.1 Å². The minimum absolute atomic E-state index is 0.0251. The molecule has 0 aromatic heterocycles. The van der Waals surface area contributed by atoms with Gasteiger partial charge in [0.15, 0.2) is 12.4 Å². The van der Waals surface area contributed by atoms with Gasteiger partial charge in [-0.3, -0.25) is 14.4 Å². The number of rotatable bonds is 7. The van der Waals surface area contributed by atoms with Gasteiger partial charge in [-0.15, -0.1) is 0 Å². The predicted molar refractivity (Wildman–Crippen MR) is 60.0 cm³/mol. The summed E-state index contributed by atoms with van der Waals surface area (Å²) < 4.78 is 4.75. The maximum Gasteiger partial charge on any atom is 0.309 e. The van der Waals surface area contributed by atoms with Crippen LogP contribution in [0.25, 0.3) is 0 Å². The van der Waals surface area contributed by atoms with Crippen molar-refractivity contribution in [3.05, 3.63) is 35.9 Å². The van der Waals surface area contributed by atoms with Crippen LogP contribution in [0.1, 0.15) is 16.8 Å². The van der Waals surface area contributed by atoms with Gasteiger partial charge in [-0.1, -0.05) is 30.3 Å². The molecule has 0 aliphatic heterocycles. The number of carbonyl (C=O) groups is 2. The van der Waals surface area contributed by atoms with Crippen molar-refractivity contribution in [1.82, 2.24) is 5.32 Å². The van der Waals surface area contributed by atoms with Crippen LogP contribution in [0.4, 0.5) is 0 Å². The van der Waals surface area contributed by atoms with Crippen molar-refractivity contribution in [2.75, 3.05) is 13.2 Å². The zero-order valence-electron chi connectivity index (χ0n) is 9.14. The Morgan fingerprint density at radius 1 is 1.24 bits per heavy atom. The molecule has 1 aromatic rings. The second kappa shape index (κ2) is 7.16. The first-order valence-electron chi connectivity index (χ1n) is 5.08. The lowest BCUT2D eigenvalue weighted by molar-refractivity contribution is -0.142. The third-order valence-corrected chi connectivity index (χ3v) is 1.99. The molecule has 1 N–H and O–H groups in total. The summed E-state index contributed by atoms with van der Waals surface area (Å²) >= 11 is 0. The topological polar surface area (TPSA) is 72.5 Å². The third-order valence-electron chi connectivity index (χ3n) is 1.99. The van der Waals surface area contributed by atoms with Gasteiger partial charge in [-0.25, -0.2) is 0 Å². The molecule has 0 spiro atoms. The highest BCUT2D eigenvalue weighted by Crippen LogP contribution is 2.00. The van der Waals surface area contributed by atoms with Crippen molar-refractivity contribution in [1.29, 1.82) is 0 Å². The van der Waals surface area contributed by atoms with E-state index in [1.807, 2.05) is 0 Å². The minimum atomic E-state index is -0.531. The minimum Gasteiger partial charge on any atom is -0.457 e. The van der Waals surface area contributed by atoms with Crippen LogP contribution in [-0.2, 0) is 14.3 Å². The summed E-state index contributed by atoms with van der Waals surface area (Å²) in [5, 5.41) is 2.21. The Labute approximate surface area is 98.8 Å². The van der Waals surface area contributed by atoms with Crippen LogP contribution in [0.3, 0.4) is 0 Å². The molecule has 89 valence electrons. The second-order valence-corrected chi connectivity index (χ2v) is 3.23. The molecule has 0 atom stereocenters. The summed E-state index contributed by atoms with van der Waals surface area (Å²) in [4.78, 5) is 32.4. The molecular formula is C12H12NO4. The van der Waals surface area contributed by atoms with E-state index in [-0.39, 0.29) is 25.4 Å². The molecule has 0 saturated carbocycles. The van der Waals surface area contributed by atoms with Crippen LogP contribution in [0.15, 0.2) is 30.3 Å². The Kier molecular flexibility index (Phi) is 5.43. The van der Waals surface area contributed by atoms with Crippen molar-refractivity contribution in [3.63, 3.8) is 0 Å². The number of hydrogen-bond acceptors (Lipinski definition) is 4. The summed E-state index contributed by atoms with van der Waals surface area (Å²) in [5.74, 6) is -0.786. The summed E-state index contributed by atoms with van der Waals surface area (Å²) in [5.41, 5.74) is 0.500. The fraction of sp³-hybridized carbons (Fsp3) is 0.250. The largest absolute Gasteiger partial charge is 0.457 e. The lowest BCUT2D eigenvalue weighted by Crippen LogP contribution is -2.19. The van der Waals surface area contributed by atoms with Crippen LogP contribution in [0, 0.1) is 0 Å². The van der Waals surface area contributed by atoms with E-state index in [9.17, 15) is 14.4 Å². The van der Waals surface area contributed by atoms with E-state index in [0.29, 0.717) is 5.56 Å². The van der Waals surface area contributed by atoms with E-state index in [0.717, 1.165) is 0 Å². The molecule has 1 rings (SSSR count). The van der Waals surface area contributed by atoms with Crippen LogP contribution in [0.5, 0.6) is 0 Å². The van der Waals surface area contributed by atoms with E-state index in [2.05, 4.69) is 5.32 Å². The first-order valence-corrected chi connectivity index (χ1v) is 5.08.